The van der Waals surface area contributed by atoms with Crippen LogP contribution in [0.15, 0.2) is 109 Å². The van der Waals surface area contributed by atoms with Gasteiger partial charge in [0.15, 0.2) is 5.82 Å². The number of hydrogen-bond donors (Lipinski definition) is 0. The molecule has 0 unspecified atom stereocenters. The van der Waals surface area contributed by atoms with Gasteiger partial charge in [-0.25, -0.2) is 9.97 Å². The highest BCUT2D eigenvalue weighted by molar-refractivity contribution is 7.25. The third-order valence-electron chi connectivity index (χ3n) is 6.27. The maximum absolute atomic E-state index is 5.11. The molecule has 33 heavy (non-hydrogen) atoms. The molecule has 0 spiro atoms. The number of rotatable bonds is 2. The van der Waals surface area contributed by atoms with Gasteiger partial charge in [0.2, 0.25) is 0 Å². The highest BCUT2D eigenvalue weighted by atomic mass is 32.1. The molecule has 0 atom stereocenters. The lowest BCUT2D eigenvalue weighted by molar-refractivity contribution is 1.23. The average Bonchev–Trinajstić information content (AvgIpc) is 3.24. The monoisotopic (exact) mass is 438 g/mol. The predicted octanol–water partition coefficient (Wildman–Crippen LogP) is 8.48. The van der Waals surface area contributed by atoms with Gasteiger partial charge in [-0.3, -0.25) is 0 Å². The lowest BCUT2D eigenvalue weighted by Gasteiger charge is -2.11. The van der Waals surface area contributed by atoms with Crippen molar-refractivity contribution >= 4 is 53.2 Å². The standard InChI is InChI=1S/C30H18N2S/c1-2-9-19(10-3-1)29-23-13-4-6-15-26(23)31-30(32-29)22-14-8-11-20-17-28-25(18-24(20)22)21-12-5-7-16-27(21)33-28/h1-18H. The van der Waals surface area contributed by atoms with E-state index in [4.69, 9.17) is 9.97 Å². The summed E-state index contributed by atoms with van der Waals surface area (Å²) in [5, 5.41) is 6.06. The number of fused-ring (bicyclic) bond motifs is 5. The van der Waals surface area contributed by atoms with E-state index in [1.807, 2.05) is 29.5 Å². The molecule has 0 aliphatic heterocycles. The van der Waals surface area contributed by atoms with E-state index >= 15 is 0 Å². The van der Waals surface area contributed by atoms with Crippen molar-refractivity contribution in [3.05, 3.63) is 109 Å². The molecule has 2 aromatic heterocycles. The van der Waals surface area contributed by atoms with Gasteiger partial charge >= 0.3 is 0 Å². The van der Waals surface area contributed by atoms with Crippen molar-refractivity contribution in [3.63, 3.8) is 0 Å². The van der Waals surface area contributed by atoms with E-state index in [1.165, 1.54) is 30.9 Å². The van der Waals surface area contributed by atoms with Crippen LogP contribution in [0.4, 0.5) is 0 Å². The quantitative estimate of drug-likeness (QED) is 0.270. The van der Waals surface area contributed by atoms with Gasteiger partial charge in [0, 0.05) is 36.7 Å². The summed E-state index contributed by atoms with van der Waals surface area (Å²) in [7, 11) is 0. The Morgan fingerprint density at radius 2 is 1.30 bits per heavy atom. The first-order valence-electron chi connectivity index (χ1n) is 11.0. The first-order chi connectivity index (χ1) is 16.3. The van der Waals surface area contributed by atoms with Crippen molar-refractivity contribution in [2.75, 3.05) is 0 Å². The Hall–Kier alpha value is -4.08. The second-order valence-electron chi connectivity index (χ2n) is 8.25. The van der Waals surface area contributed by atoms with E-state index in [9.17, 15) is 0 Å². The first kappa shape index (κ1) is 18.5. The van der Waals surface area contributed by atoms with Crippen molar-refractivity contribution in [2.24, 2.45) is 0 Å². The van der Waals surface area contributed by atoms with Crippen LogP contribution < -0.4 is 0 Å². The van der Waals surface area contributed by atoms with Gasteiger partial charge in [0.05, 0.1) is 11.2 Å². The van der Waals surface area contributed by atoms with Crippen LogP contribution in [0.2, 0.25) is 0 Å². The van der Waals surface area contributed by atoms with Gasteiger partial charge in [0.25, 0.3) is 0 Å². The van der Waals surface area contributed by atoms with Crippen molar-refractivity contribution in [1.29, 1.82) is 0 Å². The Balaban J connectivity index is 1.55. The molecule has 7 aromatic rings. The molecule has 0 radical (unpaired) electrons. The Bertz CT molecular complexity index is 1820. The molecule has 0 aliphatic rings. The molecule has 0 saturated carbocycles. The van der Waals surface area contributed by atoms with Gasteiger partial charge in [-0.05, 0) is 35.0 Å². The molecule has 154 valence electrons. The number of nitrogens with zero attached hydrogens (tertiary/aromatic N) is 2. The van der Waals surface area contributed by atoms with E-state index in [-0.39, 0.29) is 0 Å². The molecule has 2 nitrogen and oxygen atoms in total. The molecule has 7 rings (SSSR count). The Kier molecular flexibility index (Phi) is 4.05. The number of thiophene rings is 1. The summed E-state index contributed by atoms with van der Waals surface area (Å²) in [4.78, 5) is 10.1. The van der Waals surface area contributed by atoms with E-state index in [2.05, 4.69) is 91.0 Å². The highest BCUT2D eigenvalue weighted by Crippen LogP contribution is 2.39. The van der Waals surface area contributed by atoms with Gasteiger partial charge in [-0.2, -0.15) is 0 Å². The van der Waals surface area contributed by atoms with Crippen LogP contribution in [0, 0.1) is 0 Å². The summed E-state index contributed by atoms with van der Waals surface area (Å²) in [5.74, 6) is 0.761. The molecule has 0 amide bonds. The first-order valence-corrected chi connectivity index (χ1v) is 11.8. The normalized spacial score (nSPS) is 11.6. The van der Waals surface area contributed by atoms with Crippen molar-refractivity contribution in [2.45, 2.75) is 0 Å². The maximum atomic E-state index is 5.11. The second kappa shape index (κ2) is 7.22. The molecule has 0 saturated heterocycles. The van der Waals surface area contributed by atoms with E-state index in [1.54, 1.807) is 0 Å². The van der Waals surface area contributed by atoms with Crippen molar-refractivity contribution < 1.29 is 0 Å². The average molecular weight is 439 g/mol. The van der Waals surface area contributed by atoms with Gasteiger partial charge in [-0.15, -0.1) is 11.3 Å². The van der Waals surface area contributed by atoms with Gasteiger partial charge in [0.1, 0.15) is 0 Å². The minimum atomic E-state index is 0.761. The largest absolute Gasteiger partial charge is 0.228 e. The summed E-state index contributed by atoms with van der Waals surface area (Å²) in [6.45, 7) is 0. The van der Waals surface area contributed by atoms with Crippen molar-refractivity contribution in [3.8, 4) is 22.6 Å². The van der Waals surface area contributed by atoms with Crippen LogP contribution in [0.3, 0.4) is 0 Å². The zero-order chi connectivity index (χ0) is 21.8. The lowest BCUT2D eigenvalue weighted by Crippen LogP contribution is -1.95. The number of aromatic nitrogens is 2. The van der Waals surface area contributed by atoms with Crippen LogP contribution in [-0.2, 0) is 0 Å². The molecule has 0 aliphatic carbocycles. The van der Waals surface area contributed by atoms with Crippen molar-refractivity contribution in [1.82, 2.24) is 9.97 Å². The molecule has 0 fully saturated rings. The summed E-state index contributed by atoms with van der Waals surface area (Å²) >= 11 is 1.85. The van der Waals surface area contributed by atoms with Gasteiger partial charge in [-0.1, -0.05) is 84.9 Å². The molecule has 5 aromatic carbocycles. The second-order valence-corrected chi connectivity index (χ2v) is 9.34. The van der Waals surface area contributed by atoms with Crippen LogP contribution in [0.5, 0.6) is 0 Å². The molecular formula is C30H18N2S. The molecule has 0 bridgehead atoms. The van der Waals surface area contributed by atoms with E-state index < -0.39 is 0 Å². The fourth-order valence-electron chi connectivity index (χ4n) is 4.70. The third-order valence-corrected chi connectivity index (χ3v) is 7.40. The number of benzene rings is 5. The topological polar surface area (TPSA) is 25.8 Å². The zero-order valence-electron chi connectivity index (χ0n) is 17.7. The molecule has 2 heterocycles. The predicted molar refractivity (Wildman–Crippen MR) is 141 cm³/mol. The highest BCUT2D eigenvalue weighted by Gasteiger charge is 2.14. The summed E-state index contributed by atoms with van der Waals surface area (Å²) in [6, 6.07) is 38.3. The SMILES string of the molecule is c1ccc(-c2nc(-c3cccc4cc5sc6ccccc6c5cc34)nc3ccccc23)cc1. The Labute approximate surface area is 194 Å². The Morgan fingerprint density at radius 1 is 0.515 bits per heavy atom. The van der Waals surface area contributed by atoms with E-state index in [0.29, 0.717) is 0 Å². The van der Waals surface area contributed by atoms with Crippen LogP contribution in [0.25, 0.3) is 64.5 Å². The number of hydrogen-bond acceptors (Lipinski definition) is 3. The van der Waals surface area contributed by atoms with Crippen LogP contribution >= 0.6 is 11.3 Å². The maximum Gasteiger partial charge on any atom is 0.161 e. The molecule has 3 heteroatoms. The fourth-order valence-corrected chi connectivity index (χ4v) is 5.84. The Morgan fingerprint density at radius 3 is 2.21 bits per heavy atom. The minimum Gasteiger partial charge on any atom is -0.228 e. The van der Waals surface area contributed by atoms with Gasteiger partial charge < -0.3 is 0 Å². The summed E-state index contributed by atoms with van der Waals surface area (Å²) < 4.78 is 2.63. The smallest absolute Gasteiger partial charge is 0.161 e. The summed E-state index contributed by atoms with van der Waals surface area (Å²) in [5.41, 5.74) is 4.09. The van der Waals surface area contributed by atoms with Crippen LogP contribution in [-0.4, -0.2) is 9.97 Å². The third kappa shape index (κ3) is 2.94. The zero-order valence-corrected chi connectivity index (χ0v) is 18.5. The molecule has 0 N–H and O–H groups in total. The van der Waals surface area contributed by atoms with Crippen LogP contribution in [0.1, 0.15) is 0 Å². The van der Waals surface area contributed by atoms with E-state index in [0.717, 1.165) is 33.5 Å². The molecular weight excluding hydrogens is 420 g/mol. The fraction of sp³-hybridized carbons (Fsp3) is 0. The minimum absolute atomic E-state index is 0.761. The number of para-hydroxylation sites is 1. The lowest BCUT2D eigenvalue weighted by atomic mass is 10.00. The summed E-state index contributed by atoms with van der Waals surface area (Å²) in [6.07, 6.45) is 0.